The number of hydrogen-bond donors (Lipinski definition) is 0. The topological polar surface area (TPSA) is 72.5 Å². The summed E-state index contributed by atoms with van der Waals surface area (Å²) in [5.74, 6) is 1.22. The molecule has 0 bridgehead atoms. The van der Waals surface area contributed by atoms with Gasteiger partial charge >= 0.3 is 0 Å². The predicted molar refractivity (Wildman–Crippen MR) is 167 cm³/mol. The smallest absolute Gasteiger partial charge is 0.199 e. The summed E-state index contributed by atoms with van der Waals surface area (Å²) in [7, 11) is -2.12. The second kappa shape index (κ2) is 15.5. The van der Waals surface area contributed by atoms with Crippen LogP contribution in [0.1, 0.15) is 78.6 Å². The minimum absolute atomic E-state index is 0.0425. The van der Waals surface area contributed by atoms with Crippen LogP contribution in [0, 0.1) is 11.8 Å². The van der Waals surface area contributed by atoms with Crippen LogP contribution in [0.4, 0.5) is 0 Å². The first-order valence-corrected chi connectivity index (χ1v) is 19.1. The molecule has 2 unspecified atom stereocenters. The molecule has 9 heteroatoms. The van der Waals surface area contributed by atoms with E-state index in [1.54, 1.807) is 0 Å². The highest BCUT2D eigenvalue weighted by Gasteiger charge is 2.51. The molecule has 42 heavy (non-hydrogen) atoms. The van der Waals surface area contributed by atoms with Crippen molar-refractivity contribution in [2.24, 2.45) is 11.8 Å². The Morgan fingerprint density at radius 1 is 1.02 bits per heavy atom. The predicted octanol–water partition coefficient (Wildman–Crippen LogP) is 8.06. The van der Waals surface area contributed by atoms with Gasteiger partial charge in [0.2, 0.25) is 0 Å². The number of carbonyl (C=O) groups excluding carboxylic acids is 1. The van der Waals surface area contributed by atoms with Crippen LogP contribution < -0.4 is 4.74 Å². The molecule has 6 atom stereocenters. The van der Waals surface area contributed by atoms with Crippen molar-refractivity contribution in [3.63, 3.8) is 0 Å². The Kier molecular flexibility index (Phi) is 12.4. The van der Waals surface area contributed by atoms with Crippen molar-refractivity contribution in [3.8, 4) is 5.75 Å². The zero-order valence-corrected chi connectivity index (χ0v) is 27.9. The van der Waals surface area contributed by atoms with Gasteiger partial charge in [0.1, 0.15) is 17.8 Å². The number of aldehydes is 1. The van der Waals surface area contributed by atoms with Gasteiger partial charge in [-0.15, -0.1) is 0 Å². The monoisotopic (exact) mass is 622 g/mol. The van der Waals surface area contributed by atoms with Crippen LogP contribution in [0.2, 0.25) is 23.2 Å². The molecule has 0 radical (unpaired) electrons. The van der Waals surface area contributed by atoms with Crippen molar-refractivity contribution < 1.29 is 32.9 Å². The van der Waals surface area contributed by atoms with Gasteiger partial charge in [0.15, 0.2) is 20.9 Å². The van der Waals surface area contributed by atoms with Gasteiger partial charge in [0.25, 0.3) is 0 Å². The summed E-state index contributed by atoms with van der Waals surface area (Å²) in [5, 5.41) is 0.628. The van der Waals surface area contributed by atoms with Gasteiger partial charge in [-0.05, 0) is 74.9 Å². The Morgan fingerprint density at radius 2 is 1.71 bits per heavy atom. The molecule has 4 rings (SSSR count). The maximum absolute atomic E-state index is 12.1. The van der Waals surface area contributed by atoms with E-state index in [1.807, 2.05) is 24.3 Å². The van der Waals surface area contributed by atoms with E-state index in [1.165, 1.54) is 0 Å². The molecule has 7 nitrogen and oxygen atoms in total. The third kappa shape index (κ3) is 9.05. The van der Waals surface area contributed by atoms with Gasteiger partial charge in [-0.3, -0.25) is 0 Å². The fourth-order valence-corrected chi connectivity index (χ4v) is 7.43. The molecular formula is C33H51ClO7Si. The summed E-state index contributed by atoms with van der Waals surface area (Å²) in [6, 6.07) is 7.48. The lowest BCUT2D eigenvalue weighted by Gasteiger charge is -2.40. The molecule has 0 spiro atoms. The fraction of sp³-hybridized carbons (Fsp3) is 0.727. The Bertz CT molecular complexity index is 1010. The van der Waals surface area contributed by atoms with E-state index in [-0.39, 0.29) is 41.7 Å². The van der Waals surface area contributed by atoms with Crippen LogP contribution in [-0.4, -0.2) is 59.2 Å². The third-order valence-electron chi connectivity index (χ3n) is 9.18. The summed E-state index contributed by atoms with van der Waals surface area (Å²) < 4.78 is 38.4. The average molecular weight is 623 g/mol. The van der Waals surface area contributed by atoms with Crippen molar-refractivity contribution in [1.29, 1.82) is 0 Å². The molecule has 3 aliphatic rings. The van der Waals surface area contributed by atoms with Gasteiger partial charge in [-0.25, -0.2) is 0 Å². The van der Waals surface area contributed by atoms with E-state index < -0.39 is 8.32 Å². The average Bonchev–Trinajstić information content (AvgIpc) is 3.27. The van der Waals surface area contributed by atoms with Crippen molar-refractivity contribution >= 4 is 26.2 Å². The molecule has 2 heterocycles. The Morgan fingerprint density at radius 3 is 2.33 bits per heavy atom. The van der Waals surface area contributed by atoms with E-state index in [2.05, 4.69) is 39.9 Å². The number of rotatable bonds is 13. The van der Waals surface area contributed by atoms with Gasteiger partial charge in [-0.2, -0.15) is 0 Å². The molecule has 3 fully saturated rings. The lowest BCUT2D eigenvalue weighted by atomic mass is 9.88. The van der Waals surface area contributed by atoms with Crippen molar-refractivity contribution in [1.82, 2.24) is 0 Å². The van der Waals surface area contributed by atoms with E-state index in [0.29, 0.717) is 49.9 Å². The van der Waals surface area contributed by atoms with E-state index in [9.17, 15) is 4.79 Å². The van der Waals surface area contributed by atoms with Crippen molar-refractivity contribution in [2.45, 2.75) is 121 Å². The number of halogens is 1. The zero-order valence-electron chi connectivity index (χ0n) is 26.1. The standard InChI is InChI=1S/C33H51ClO7Si/c1-33(2,3)42(4,5)41-28-23-29(40-31-17-9-11-21-38-31)32(24(28)18-19-35)27(39-30-16-8-10-20-37-30)15-12-22-36-26-14-7-6-13-25(26)34/h6-7,13-15,19,24,28-32H,8-12,16-18,20-23H2,1-5H3/b27-15+/t24-,28-,29+,30?,31?,32+/m1/s1. The van der Waals surface area contributed by atoms with Crippen LogP contribution in [-0.2, 0) is 28.2 Å². The molecule has 1 aromatic carbocycles. The summed E-state index contributed by atoms with van der Waals surface area (Å²) in [6.07, 6.45) is 9.83. The highest BCUT2D eigenvalue weighted by Crippen LogP contribution is 2.48. The maximum atomic E-state index is 12.1. The van der Waals surface area contributed by atoms with Crippen molar-refractivity contribution in [2.75, 3.05) is 19.8 Å². The van der Waals surface area contributed by atoms with Crippen LogP contribution >= 0.6 is 11.6 Å². The first-order chi connectivity index (χ1) is 20.1. The van der Waals surface area contributed by atoms with E-state index in [0.717, 1.165) is 50.6 Å². The second-order valence-electron chi connectivity index (χ2n) is 13.3. The number of hydrogen-bond acceptors (Lipinski definition) is 7. The molecule has 1 aliphatic carbocycles. The van der Waals surface area contributed by atoms with Crippen LogP contribution in [0.15, 0.2) is 36.1 Å². The highest BCUT2D eigenvalue weighted by molar-refractivity contribution is 6.74. The van der Waals surface area contributed by atoms with Gasteiger partial charge in [-0.1, -0.05) is 44.5 Å². The lowest BCUT2D eigenvalue weighted by Crippen LogP contribution is -2.45. The molecular weight excluding hydrogens is 572 g/mol. The number of benzene rings is 1. The minimum Gasteiger partial charge on any atom is -0.492 e. The van der Waals surface area contributed by atoms with E-state index in [4.69, 9.17) is 39.7 Å². The number of ether oxygens (including phenoxy) is 5. The Hall–Kier alpha value is -1.42. The van der Waals surface area contributed by atoms with Crippen LogP contribution in [0.5, 0.6) is 5.75 Å². The van der Waals surface area contributed by atoms with E-state index >= 15 is 0 Å². The summed E-state index contributed by atoms with van der Waals surface area (Å²) in [6.45, 7) is 13.1. The summed E-state index contributed by atoms with van der Waals surface area (Å²) in [4.78, 5) is 12.1. The molecule has 0 N–H and O–H groups in total. The fourth-order valence-electron chi connectivity index (χ4n) is 5.86. The lowest BCUT2D eigenvalue weighted by molar-refractivity contribution is -0.201. The van der Waals surface area contributed by atoms with Gasteiger partial charge in [0, 0.05) is 37.7 Å². The van der Waals surface area contributed by atoms with Gasteiger partial charge < -0.3 is 32.9 Å². The molecule has 2 saturated heterocycles. The molecule has 0 amide bonds. The highest BCUT2D eigenvalue weighted by atomic mass is 35.5. The minimum atomic E-state index is -2.12. The SMILES string of the molecule is CC(C)(C)[Si](C)(C)O[C@@H]1C[C@H](OC2CCCCO2)[C@H](/C(=C\CCOc2ccccc2Cl)OC2CCCCO2)[C@@H]1CC=O. The summed E-state index contributed by atoms with van der Waals surface area (Å²) >= 11 is 6.31. The third-order valence-corrected chi connectivity index (χ3v) is 14.0. The van der Waals surface area contributed by atoms with Crippen LogP contribution in [0.25, 0.3) is 0 Å². The molecule has 236 valence electrons. The van der Waals surface area contributed by atoms with Crippen LogP contribution in [0.3, 0.4) is 0 Å². The van der Waals surface area contributed by atoms with Crippen molar-refractivity contribution in [3.05, 3.63) is 41.1 Å². The first kappa shape index (κ1) is 33.5. The Labute approximate surface area is 258 Å². The molecule has 2 aliphatic heterocycles. The first-order valence-electron chi connectivity index (χ1n) is 15.8. The maximum Gasteiger partial charge on any atom is 0.199 e. The Balaban J connectivity index is 1.62. The van der Waals surface area contributed by atoms with Gasteiger partial charge in [0.05, 0.1) is 30.4 Å². The molecule has 1 aromatic rings. The number of para-hydroxylation sites is 1. The largest absolute Gasteiger partial charge is 0.492 e. The molecule has 1 saturated carbocycles. The zero-order chi connectivity index (χ0) is 30.2. The second-order valence-corrected chi connectivity index (χ2v) is 18.5. The molecule has 0 aromatic heterocycles. The number of carbonyl (C=O) groups is 1. The normalized spacial score (nSPS) is 29.3. The quantitative estimate of drug-likeness (QED) is 0.0953. The summed E-state index contributed by atoms with van der Waals surface area (Å²) in [5.41, 5.74) is 0.